The maximum atomic E-state index is 12.1. The van der Waals surface area contributed by atoms with Crippen molar-refractivity contribution in [1.29, 1.82) is 0 Å². The minimum atomic E-state index is -0.383. The lowest BCUT2D eigenvalue weighted by Crippen LogP contribution is -2.24. The molecule has 7 nitrogen and oxygen atoms in total. The summed E-state index contributed by atoms with van der Waals surface area (Å²) in [5.74, 6) is -0.284. The van der Waals surface area contributed by atoms with Crippen LogP contribution in [0.3, 0.4) is 0 Å². The number of aromatic nitrogens is 1. The molecule has 0 saturated carbocycles. The van der Waals surface area contributed by atoms with Crippen LogP contribution >= 0.6 is 0 Å². The summed E-state index contributed by atoms with van der Waals surface area (Å²) in [6, 6.07) is 20.9. The van der Waals surface area contributed by atoms with Gasteiger partial charge in [0.15, 0.2) is 6.61 Å². The highest BCUT2D eigenvalue weighted by molar-refractivity contribution is 6.09. The molecule has 0 atom stereocenters. The van der Waals surface area contributed by atoms with Crippen molar-refractivity contribution >= 4 is 39.9 Å². The number of esters is 1. The van der Waals surface area contributed by atoms with Gasteiger partial charge in [0.2, 0.25) is 0 Å². The Morgan fingerprint density at radius 1 is 0.971 bits per heavy atom. The predicted octanol–water partition coefficient (Wildman–Crippen LogP) is 4.91. The lowest BCUT2D eigenvalue weighted by Gasteiger charge is -2.06. The molecule has 0 aliphatic rings. The largest absolute Gasteiger partial charge is 0.484 e. The number of rotatable bonds is 9. The Balaban J connectivity index is 1.34. The van der Waals surface area contributed by atoms with Crippen molar-refractivity contribution in [3.8, 4) is 5.75 Å². The van der Waals surface area contributed by atoms with Gasteiger partial charge in [-0.15, -0.1) is 0 Å². The predicted molar refractivity (Wildman–Crippen MR) is 133 cm³/mol. The first-order valence-electron chi connectivity index (χ1n) is 11.3. The number of para-hydroxylation sites is 1. The second kappa shape index (κ2) is 10.7. The first-order valence-corrected chi connectivity index (χ1v) is 11.3. The number of ether oxygens (including phenoxy) is 2. The van der Waals surface area contributed by atoms with E-state index in [0.29, 0.717) is 17.9 Å². The number of fused-ring (bicyclic) bond motifs is 3. The Kier molecular flexibility index (Phi) is 7.22. The van der Waals surface area contributed by atoms with Crippen molar-refractivity contribution in [1.82, 2.24) is 9.99 Å². The fraction of sp³-hybridized carbons (Fsp3) is 0.222. The van der Waals surface area contributed by atoms with Crippen LogP contribution in [0.5, 0.6) is 5.75 Å². The number of nitrogens with zero attached hydrogens (tertiary/aromatic N) is 2. The van der Waals surface area contributed by atoms with Crippen molar-refractivity contribution in [3.05, 3.63) is 77.9 Å². The first-order chi connectivity index (χ1) is 16.6. The van der Waals surface area contributed by atoms with Crippen molar-refractivity contribution in [2.24, 2.45) is 5.10 Å². The number of carbonyl (C=O) groups is 2. The lowest BCUT2D eigenvalue weighted by molar-refractivity contribution is -0.123. The lowest BCUT2D eigenvalue weighted by atomic mass is 10.1. The molecular weight excluding hydrogens is 430 g/mol. The standard InChI is InChI=1S/C27H27N3O4/c1-3-15-33-27(32)20-10-12-21(13-11-20)34-18-26(31)29-28-17-19-9-14-25-23(16-19)22-7-5-6-8-24(22)30(25)4-2/h5-14,16-17H,3-4,15,18H2,1-2H3,(H,29,31). The van der Waals surface area contributed by atoms with Gasteiger partial charge in [-0.1, -0.05) is 31.2 Å². The van der Waals surface area contributed by atoms with Crippen LogP contribution < -0.4 is 10.2 Å². The molecule has 0 aliphatic heterocycles. The minimum absolute atomic E-state index is 0.194. The molecule has 4 aromatic rings. The van der Waals surface area contributed by atoms with Gasteiger partial charge in [-0.2, -0.15) is 5.10 Å². The summed E-state index contributed by atoms with van der Waals surface area (Å²) < 4.78 is 12.8. The van der Waals surface area contributed by atoms with Gasteiger partial charge in [-0.05, 0) is 61.4 Å². The van der Waals surface area contributed by atoms with Crippen molar-refractivity contribution in [2.75, 3.05) is 13.2 Å². The van der Waals surface area contributed by atoms with Gasteiger partial charge in [0.05, 0.1) is 18.4 Å². The van der Waals surface area contributed by atoms with E-state index in [1.807, 2.05) is 25.1 Å². The summed E-state index contributed by atoms with van der Waals surface area (Å²) in [5.41, 5.74) is 6.18. The molecule has 0 radical (unpaired) electrons. The molecule has 1 N–H and O–H groups in total. The van der Waals surface area contributed by atoms with Crippen LogP contribution in [0.1, 0.15) is 36.2 Å². The van der Waals surface area contributed by atoms with E-state index in [1.165, 1.54) is 16.4 Å². The minimum Gasteiger partial charge on any atom is -0.484 e. The number of aryl methyl sites for hydroxylation is 1. The zero-order chi connectivity index (χ0) is 23.9. The van der Waals surface area contributed by atoms with Gasteiger partial charge in [-0.3, -0.25) is 4.79 Å². The Bertz CT molecular complexity index is 1340. The Morgan fingerprint density at radius 2 is 1.74 bits per heavy atom. The Morgan fingerprint density at radius 3 is 2.50 bits per heavy atom. The van der Waals surface area contributed by atoms with E-state index >= 15 is 0 Å². The molecule has 1 amide bonds. The smallest absolute Gasteiger partial charge is 0.338 e. The van der Waals surface area contributed by atoms with Crippen LogP contribution in [-0.2, 0) is 16.1 Å². The average molecular weight is 458 g/mol. The molecule has 0 unspecified atom stereocenters. The maximum absolute atomic E-state index is 12.1. The van der Waals surface area contributed by atoms with Gasteiger partial charge in [-0.25, -0.2) is 10.2 Å². The first kappa shape index (κ1) is 23.0. The van der Waals surface area contributed by atoms with E-state index < -0.39 is 0 Å². The van der Waals surface area contributed by atoms with Crippen LogP contribution in [0.2, 0.25) is 0 Å². The average Bonchev–Trinajstić information content (AvgIpc) is 3.19. The number of carbonyl (C=O) groups excluding carboxylic acids is 2. The second-order valence-corrected chi connectivity index (χ2v) is 7.78. The van der Waals surface area contributed by atoms with Crippen molar-refractivity contribution in [3.63, 3.8) is 0 Å². The van der Waals surface area contributed by atoms with Gasteiger partial charge in [0, 0.05) is 28.4 Å². The monoisotopic (exact) mass is 457 g/mol. The molecule has 174 valence electrons. The zero-order valence-electron chi connectivity index (χ0n) is 19.3. The SMILES string of the molecule is CCCOC(=O)c1ccc(OCC(=O)NN=Cc2ccc3c(c2)c2ccccc2n3CC)cc1. The van der Waals surface area contributed by atoms with Crippen molar-refractivity contribution < 1.29 is 19.1 Å². The number of benzene rings is 3. The molecule has 0 spiro atoms. The van der Waals surface area contributed by atoms with Crippen LogP contribution in [0.25, 0.3) is 21.8 Å². The van der Waals surface area contributed by atoms with Gasteiger partial charge < -0.3 is 14.0 Å². The molecule has 3 aromatic carbocycles. The maximum Gasteiger partial charge on any atom is 0.338 e. The molecule has 34 heavy (non-hydrogen) atoms. The summed E-state index contributed by atoms with van der Waals surface area (Å²) in [4.78, 5) is 23.9. The Hall–Kier alpha value is -4.13. The molecule has 0 saturated heterocycles. The third-order valence-electron chi connectivity index (χ3n) is 5.41. The highest BCUT2D eigenvalue weighted by atomic mass is 16.5. The summed E-state index contributed by atoms with van der Waals surface area (Å²) in [6.45, 7) is 5.14. The summed E-state index contributed by atoms with van der Waals surface area (Å²) in [7, 11) is 0. The topological polar surface area (TPSA) is 81.9 Å². The number of nitrogens with one attached hydrogen (secondary N) is 1. The fourth-order valence-electron chi connectivity index (χ4n) is 3.82. The van der Waals surface area contributed by atoms with Crippen molar-refractivity contribution in [2.45, 2.75) is 26.8 Å². The molecule has 0 fully saturated rings. The van der Waals surface area contributed by atoms with Crippen LogP contribution in [0.4, 0.5) is 0 Å². The number of hydrogen-bond acceptors (Lipinski definition) is 5. The molecule has 4 rings (SSSR count). The van der Waals surface area contributed by atoms with Gasteiger partial charge >= 0.3 is 5.97 Å². The second-order valence-electron chi connectivity index (χ2n) is 7.78. The quantitative estimate of drug-likeness (QED) is 0.220. The highest BCUT2D eigenvalue weighted by Gasteiger charge is 2.10. The van der Waals surface area contributed by atoms with Crippen LogP contribution in [-0.4, -0.2) is 35.9 Å². The van der Waals surface area contributed by atoms with E-state index in [4.69, 9.17) is 9.47 Å². The Labute approximate surface area is 198 Å². The zero-order valence-corrected chi connectivity index (χ0v) is 19.3. The molecule has 1 heterocycles. The molecule has 1 aromatic heterocycles. The number of hydrogen-bond donors (Lipinski definition) is 1. The van der Waals surface area contributed by atoms with E-state index in [-0.39, 0.29) is 18.5 Å². The molecule has 0 bridgehead atoms. The molecular formula is C27H27N3O4. The van der Waals surface area contributed by atoms with E-state index in [9.17, 15) is 9.59 Å². The van der Waals surface area contributed by atoms with E-state index in [0.717, 1.165) is 23.9 Å². The summed E-state index contributed by atoms with van der Waals surface area (Å²) in [5, 5.41) is 6.40. The summed E-state index contributed by atoms with van der Waals surface area (Å²) >= 11 is 0. The van der Waals surface area contributed by atoms with E-state index in [2.05, 4.69) is 46.3 Å². The van der Waals surface area contributed by atoms with E-state index in [1.54, 1.807) is 30.5 Å². The fourth-order valence-corrected chi connectivity index (χ4v) is 3.82. The third kappa shape index (κ3) is 5.09. The number of hydrazone groups is 1. The summed E-state index contributed by atoms with van der Waals surface area (Å²) in [6.07, 6.45) is 2.38. The van der Waals surface area contributed by atoms with Crippen LogP contribution in [0.15, 0.2) is 71.8 Å². The normalized spacial score (nSPS) is 11.2. The van der Waals surface area contributed by atoms with Crippen LogP contribution in [0, 0.1) is 0 Å². The number of amides is 1. The van der Waals surface area contributed by atoms with Gasteiger partial charge in [0.25, 0.3) is 5.91 Å². The molecule has 7 heteroatoms. The highest BCUT2D eigenvalue weighted by Crippen LogP contribution is 2.29. The van der Waals surface area contributed by atoms with Gasteiger partial charge in [0.1, 0.15) is 5.75 Å². The third-order valence-corrected chi connectivity index (χ3v) is 5.41. The molecule has 0 aliphatic carbocycles.